The monoisotopic (exact) mass is 589 g/mol. The van der Waals surface area contributed by atoms with Crippen molar-refractivity contribution in [3.8, 4) is 0 Å². The number of alkyl halides is 3. The lowest BCUT2D eigenvalue weighted by Gasteiger charge is -2.31. The molecule has 2 aromatic rings. The van der Waals surface area contributed by atoms with Crippen LogP contribution < -0.4 is 10.2 Å². The van der Waals surface area contributed by atoms with Crippen molar-refractivity contribution in [3.05, 3.63) is 52.5 Å². The number of esters is 1. The summed E-state index contributed by atoms with van der Waals surface area (Å²) in [7, 11) is -3.94. The number of benzene rings is 2. The SMILES string of the molecule is O=C(COC(=O)c1ccc(Cl)c(S(=O)(=O)N2CCCCC2)c1)Nc1cc(C(F)(F)F)ccc1N1CCOCC1. The Morgan fingerprint density at radius 3 is 2.36 bits per heavy atom. The number of nitrogens with one attached hydrogen (secondary N) is 1. The molecule has 2 aliphatic rings. The summed E-state index contributed by atoms with van der Waals surface area (Å²) < 4.78 is 77.7. The standard InChI is InChI=1S/C25H27ClF3N3O6S/c26-19-6-4-17(14-22(19)39(35,36)32-8-2-1-3-9-32)24(34)38-16-23(33)30-20-15-18(25(27,28)29)5-7-21(20)31-10-12-37-13-11-31/h4-7,14-15H,1-3,8-13,16H2,(H,30,33). The Hall–Kier alpha value is -2.87. The first-order valence-corrected chi connectivity index (χ1v) is 14.1. The van der Waals surface area contributed by atoms with Gasteiger partial charge in [0.2, 0.25) is 10.0 Å². The van der Waals surface area contributed by atoms with Crippen molar-refractivity contribution < 1.29 is 40.7 Å². The fourth-order valence-corrected chi connectivity index (χ4v) is 6.38. The molecule has 14 heteroatoms. The molecule has 2 fully saturated rings. The number of halogens is 4. The highest BCUT2D eigenvalue weighted by molar-refractivity contribution is 7.89. The Kier molecular flexibility index (Phi) is 9.04. The maximum absolute atomic E-state index is 13.3. The molecule has 1 amide bonds. The zero-order valence-corrected chi connectivity index (χ0v) is 22.4. The van der Waals surface area contributed by atoms with Gasteiger partial charge in [-0.25, -0.2) is 13.2 Å². The second kappa shape index (κ2) is 12.1. The van der Waals surface area contributed by atoms with Crippen LogP contribution in [0.5, 0.6) is 0 Å². The number of anilines is 2. The number of carbonyl (C=O) groups is 2. The molecule has 0 unspecified atom stereocenters. The van der Waals surface area contributed by atoms with E-state index in [-0.39, 0.29) is 21.2 Å². The summed E-state index contributed by atoms with van der Waals surface area (Å²) in [5, 5.41) is 2.33. The predicted octanol–water partition coefficient (Wildman–Crippen LogP) is 4.17. The fraction of sp³-hybridized carbons (Fsp3) is 0.440. The number of amides is 1. The van der Waals surface area contributed by atoms with Crippen LogP contribution in [0.2, 0.25) is 5.02 Å². The molecule has 0 spiro atoms. The highest BCUT2D eigenvalue weighted by Crippen LogP contribution is 2.36. The van der Waals surface area contributed by atoms with Gasteiger partial charge in [-0.05, 0) is 49.2 Å². The van der Waals surface area contributed by atoms with Crippen molar-refractivity contribution >= 4 is 44.9 Å². The van der Waals surface area contributed by atoms with Crippen molar-refractivity contribution in [2.45, 2.75) is 30.3 Å². The maximum atomic E-state index is 13.3. The molecule has 2 aliphatic heterocycles. The minimum atomic E-state index is -4.63. The number of morpholine rings is 1. The highest BCUT2D eigenvalue weighted by atomic mass is 35.5. The van der Waals surface area contributed by atoms with Crippen LogP contribution in [-0.4, -0.2) is 70.6 Å². The summed E-state index contributed by atoms with van der Waals surface area (Å²) in [6.45, 7) is 1.47. The Labute approximate surface area is 228 Å². The van der Waals surface area contributed by atoms with Gasteiger partial charge in [0, 0.05) is 26.2 Å². The Bertz CT molecular complexity index is 1330. The van der Waals surface area contributed by atoms with Gasteiger partial charge in [0.15, 0.2) is 6.61 Å². The smallest absolute Gasteiger partial charge is 0.416 e. The van der Waals surface area contributed by atoms with E-state index in [0.29, 0.717) is 57.9 Å². The van der Waals surface area contributed by atoms with Gasteiger partial charge in [0.25, 0.3) is 5.91 Å². The topological polar surface area (TPSA) is 105 Å². The number of carbonyl (C=O) groups excluding carboxylic acids is 2. The second-order valence-corrected chi connectivity index (χ2v) is 11.4. The third-order valence-corrected chi connectivity index (χ3v) is 8.76. The normalized spacial score (nSPS) is 17.1. The van der Waals surface area contributed by atoms with Crippen molar-refractivity contribution in [2.24, 2.45) is 0 Å². The first-order chi connectivity index (χ1) is 18.5. The van der Waals surface area contributed by atoms with E-state index >= 15 is 0 Å². The van der Waals surface area contributed by atoms with E-state index in [4.69, 9.17) is 21.1 Å². The van der Waals surface area contributed by atoms with Crippen molar-refractivity contribution in [1.29, 1.82) is 0 Å². The van der Waals surface area contributed by atoms with E-state index in [1.54, 1.807) is 4.90 Å². The van der Waals surface area contributed by atoms with Gasteiger partial charge in [0.05, 0.1) is 40.7 Å². The molecule has 0 atom stereocenters. The average Bonchev–Trinajstić information content (AvgIpc) is 2.92. The Balaban J connectivity index is 1.46. The summed E-state index contributed by atoms with van der Waals surface area (Å²) >= 11 is 6.13. The minimum Gasteiger partial charge on any atom is -0.452 e. The van der Waals surface area contributed by atoms with Gasteiger partial charge < -0.3 is 19.7 Å². The molecule has 0 radical (unpaired) electrons. The molecular weight excluding hydrogens is 563 g/mol. The van der Waals surface area contributed by atoms with Crippen molar-refractivity contribution in [2.75, 3.05) is 56.2 Å². The van der Waals surface area contributed by atoms with Crippen molar-refractivity contribution in [3.63, 3.8) is 0 Å². The zero-order valence-electron chi connectivity index (χ0n) is 20.8. The van der Waals surface area contributed by atoms with Crippen LogP contribution in [0.4, 0.5) is 24.5 Å². The Morgan fingerprint density at radius 1 is 1.00 bits per heavy atom. The quantitative estimate of drug-likeness (QED) is 0.484. The first kappa shape index (κ1) is 29.1. The van der Waals surface area contributed by atoms with E-state index in [1.807, 2.05) is 0 Å². The molecule has 0 saturated carbocycles. The van der Waals surface area contributed by atoms with Crippen LogP contribution in [0, 0.1) is 0 Å². The lowest BCUT2D eigenvalue weighted by atomic mass is 10.1. The molecule has 0 aromatic heterocycles. The molecule has 0 aliphatic carbocycles. The average molecular weight is 590 g/mol. The first-order valence-electron chi connectivity index (χ1n) is 12.3. The number of nitrogens with zero attached hydrogens (tertiary/aromatic N) is 2. The van der Waals surface area contributed by atoms with Gasteiger partial charge in [-0.2, -0.15) is 17.5 Å². The van der Waals surface area contributed by atoms with Gasteiger partial charge in [-0.3, -0.25) is 4.79 Å². The fourth-order valence-electron chi connectivity index (χ4n) is 4.37. The molecule has 0 bridgehead atoms. The molecule has 2 saturated heterocycles. The molecule has 212 valence electrons. The summed E-state index contributed by atoms with van der Waals surface area (Å²) in [5.74, 6) is -1.86. The maximum Gasteiger partial charge on any atom is 0.416 e. The van der Waals surface area contributed by atoms with Crippen LogP contribution in [0.15, 0.2) is 41.3 Å². The van der Waals surface area contributed by atoms with E-state index in [1.165, 1.54) is 22.5 Å². The third-order valence-electron chi connectivity index (χ3n) is 6.38. The van der Waals surface area contributed by atoms with Crippen LogP contribution in [0.25, 0.3) is 0 Å². The third kappa shape index (κ3) is 7.02. The number of hydrogen-bond donors (Lipinski definition) is 1. The molecular formula is C25H27ClF3N3O6S. The van der Waals surface area contributed by atoms with Crippen molar-refractivity contribution in [1.82, 2.24) is 4.31 Å². The van der Waals surface area contributed by atoms with Crippen LogP contribution >= 0.6 is 11.6 Å². The van der Waals surface area contributed by atoms with Crippen LogP contribution in [0.1, 0.15) is 35.2 Å². The summed E-state index contributed by atoms with van der Waals surface area (Å²) in [6, 6.07) is 6.63. The number of ether oxygens (including phenoxy) is 2. The summed E-state index contributed by atoms with van der Waals surface area (Å²) in [4.78, 5) is 26.8. The molecule has 39 heavy (non-hydrogen) atoms. The summed E-state index contributed by atoms with van der Waals surface area (Å²) in [5.41, 5.74) is -0.809. The van der Waals surface area contributed by atoms with E-state index in [0.717, 1.165) is 24.6 Å². The van der Waals surface area contributed by atoms with E-state index in [2.05, 4.69) is 5.32 Å². The predicted molar refractivity (Wildman–Crippen MR) is 137 cm³/mol. The molecule has 2 heterocycles. The van der Waals surface area contributed by atoms with Gasteiger partial charge >= 0.3 is 12.1 Å². The molecule has 2 aromatic carbocycles. The zero-order chi connectivity index (χ0) is 28.2. The van der Waals surface area contributed by atoms with E-state index < -0.39 is 40.2 Å². The lowest BCUT2D eigenvalue weighted by molar-refractivity contribution is -0.137. The molecule has 9 nitrogen and oxygen atoms in total. The largest absolute Gasteiger partial charge is 0.452 e. The van der Waals surface area contributed by atoms with Gasteiger partial charge in [0.1, 0.15) is 4.90 Å². The van der Waals surface area contributed by atoms with E-state index in [9.17, 15) is 31.2 Å². The summed E-state index contributed by atoms with van der Waals surface area (Å²) in [6.07, 6.45) is -2.28. The van der Waals surface area contributed by atoms with Gasteiger partial charge in [-0.15, -0.1) is 0 Å². The number of sulfonamides is 1. The number of rotatable bonds is 7. The molecule has 1 N–H and O–H groups in total. The van der Waals surface area contributed by atoms with Gasteiger partial charge in [-0.1, -0.05) is 18.0 Å². The lowest BCUT2D eigenvalue weighted by Crippen LogP contribution is -2.37. The number of hydrogen-bond acceptors (Lipinski definition) is 7. The second-order valence-electron chi connectivity index (χ2n) is 9.06. The number of piperidine rings is 1. The minimum absolute atomic E-state index is 0.0601. The molecule has 4 rings (SSSR count). The Morgan fingerprint density at radius 2 is 1.69 bits per heavy atom. The highest BCUT2D eigenvalue weighted by Gasteiger charge is 2.32. The van der Waals surface area contributed by atoms with Crippen LogP contribution in [0.3, 0.4) is 0 Å². The van der Waals surface area contributed by atoms with Crippen LogP contribution in [-0.2, 0) is 30.5 Å².